The van der Waals surface area contributed by atoms with Crippen LogP contribution in [0.2, 0.25) is 0 Å². The van der Waals surface area contributed by atoms with Gasteiger partial charge in [0.25, 0.3) is 0 Å². The van der Waals surface area contributed by atoms with Crippen molar-refractivity contribution in [1.82, 2.24) is 4.72 Å². The normalized spacial score (nSPS) is 11.2. The molecule has 8 heteroatoms. The Labute approximate surface area is 162 Å². The van der Waals surface area contributed by atoms with Gasteiger partial charge in [0.15, 0.2) is 0 Å². The van der Waals surface area contributed by atoms with Crippen LogP contribution in [0.5, 0.6) is 17.2 Å². The molecule has 0 heterocycles. The van der Waals surface area contributed by atoms with Gasteiger partial charge in [-0.15, -0.1) is 0 Å². The van der Waals surface area contributed by atoms with Crippen LogP contribution in [0, 0.1) is 0 Å². The van der Waals surface area contributed by atoms with Gasteiger partial charge < -0.3 is 14.2 Å². The SMILES string of the molecule is CCOc1ccc(OCCNS(=O)(=O)c2cc(Br)ccc2OCC)cc1. The first-order valence-corrected chi connectivity index (χ1v) is 10.5. The minimum absolute atomic E-state index is 0.0924. The molecule has 0 aromatic heterocycles. The van der Waals surface area contributed by atoms with Crippen LogP contribution in [0.1, 0.15) is 13.8 Å². The number of hydrogen-bond acceptors (Lipinski definition) is 5. The van der Waals surface area contributed by atoms with Crippen molar-refractivity contribution in [2.75, 3.05) is 26.4 Å². The molecule has 0 aliphatic rings. The minimum Gasteiger partial charge on any atom is -0.494 e. The maximum absolute atomic E-state index is 12.5. The van der Waals surface area contributed by atoms with Crippen molar-refractivity contribution < 1.29 is 22.6 Å². The molecule has 6 nitrogen and oxygen atoms in total. The Kier molecular flexibility index (Phi) is 7.74. The molecule has 2 aromatic carbocycles. The molecule has 2 rings (SSSR count). The summed E-state index contributed by atoms with van der Waals surface area (Å²) in [6, 6.07) is 12.0. The third-order valence-electron chi connectivity index (χ3n) is 3.29. The summed E-state index contributed by atoms with van der Waals surface area (Å²) < 4.78 is 44.5. The zero-order valence-corrected chi connectivity index (χ0v) is 17.1. The fourth-order valence-corrected chi connectivity index (χ4v) is 3.88. The van der Waals surface area contributed by atoms with Gasteiger partial charge in [0.1, 0.15) is 28.8 Å². The quantitative estimate of drug-likeness (QED) is 0.567. The summed E-state index contributed by atoms with van der Waals surface area (Å²) in [5.74, 6) is 1.72. The van der Waals surface area contributed by atoms with Gasteiger partial charge in [-0.2, -0.15) is 0 Å². The Morgan fingerprint density at radius 1 is 0.923 bits per heavy atom. The standard InChI is InChI=1S/C18H22BrNO5S/c1-3-23-15-6-8-16(9-7-15)25-12-11-20-26(21,22)18-13-14(19)5-10-17(18)24-4-2/h5-10,13,20H,3-4,11-12H2,1-2H3. The third kappa shape index (κ3) is 5.89. The highest BCUT2D eigenvalue weighted by Crippen LogP contribution is 2.27. The van der Waals surface area contributed by atoms with Gasteiger partial charge >= 0.3 is 0 Å². The predicted molar refractivity (Wildman–Crippen MR) is 104 cm³/mol. The summed E-state index contributed by atoms with van der Waals surface area (Å²) in [7, 11) is -3.71. The summed E-state index contributed by atoms with van der Waals surface area (Å²) in [5, 5.41) is 0. The van der Waals surface area contributed by atoms with E-state index < -0.39 is 10.0 Å². The smallest absolute Gasteiger partial charge is 0.244 e. The molecule has 142 valence electrons. The topological polar surface area (TPSA) is 73.9 Å². The molecular formula is C18H22BrNO5S. The molecule has 0 radical (unpaired) electrons. The zero-order valence-electron chi connectivity index (χ0n) is 14.7. The van der Waals surface area contributed by atoms with Crippen molar-refractivity contribution in [2.45, 2.75) is 18.7 Å². The Balaban J connectivity index is 1.93. The Morgan fingerprint density at radius 2 is 1.54 bits per heavy atom. The Morgan fingerprint density at radius 3 is 2.15 bits per heavy atom. The second kappa shape index (κ2) is 9.80. The van der Waals surface area contributed by atoms with E-state index in [-0.39, 0.29) is 18.0 Å². The van der Waals surface area contributed by atoms with Crippen LogP contribution in [0.15, 0.2) is 51.8 Å². The Hall–Kier alpha value is -1.77. The van der Waals surface area contributed by atoms with E-state index in [2.05, 4.69) is 20.7 Å². The van der Waals surface area contributed by atoms with Crippen LogP contribution in [0.4, 0.5) is 0 Å². The molecule has 2 aromatic rings. The molecule has 0 aliphatic heterocycles. The number of ether oxygens (including phenoxy) is 3. The predicted octanol–water partition coefficient (Wildman–Crippen LogP) is 3.60. The number of nitrogens with one attached hydrogen (secondary N) is 1. The van der Waals surface area contributed by atoms with E-state index in [1.54, 1.807) is 43.3 Å². The third-order valence-corrected chi connectivity index (χ3v) is 5.27. The van der Waals surface area contributed by atoms with E-state index in [4.69, 9.17) is 14.2 Å². The lowest BCUT2D eigenvalue weighted by Gasteiger charge is -2.13. The van der Waals surface area contributed by atoms with Crippen molar-refractivity contribution in [3.8, 4) is 17.2 Å². The fraction of sp³-hybridized carbons (Fsp3) is 0.333. The van der Waals surface area contributed by atoms with Crippen molar-refractivity contribution in [1.29, 1.82) is 0 Å². The van der Waals surface area contributed by atoms with Gasteiger partial charge in [-0.3, -0.25) is 0 Å². The van der Waals surface area contributed by atoms with Crippen molar-refractivity contribution in [3.63, 3.8) is 0 Å². The van der Waals surface area contributed by atoms with E-state index >= 15 is 0 Å². The summed E-state index contributed by atoms with van der Waals surface area (Å²) in [5.41, 5.74) is 0. The summed E-state index contributed by atoms with van der Waals surface area (Å²) in [4.78, 5) is 0.0924. The molecule has 0 saturated carbocycles. The van der Waals surface area contributed by atoms with E-state index in [0.29, 0.717) is 29.2 Å². The summed E-state index contributed by atoms with van der Waals surface area (Å²) in [6.45, 7) is 5.03. The molecule has 1 N–H and O–H groups in total. The van der Waals surface area contributed by atoms with E-state index in [1.807, 2.05) is 6.92 Å². The lowest BCUT2D eigenvalue weighted by atomic mass is 10.3. The molecule has 0 atom stereocenters. The van der Waals surface area contributed by atoms with Crippen molar-refractivity contribution >= 4 is 26.0 Å². The molecule has 0 saturated heterocycles. The van der Waals surface area contributed by atoms with Gasteiger partial charge in [0, 0.05) is 11.0 Å². The van der Waals surface area contributed by atoms with Gasteiger partial charge in [0.2, 0.25) is 10.0 Å². The van der Waals surface area contributed by atoms with Crippen LogP contribution < -0.4 is 18.9 Å². The van der Waals surface area contributed by atoms with E-state index in [9.17, 15) is 8.42 Å². The largest absolute Gasteiger partial charge is 0.494 e. The van der Waals surface area contributed by atoms with Crippen LogP contribution in [0.3, 0.4) is 0 Å². The number of hydrogen-bond donors (Lipinski definition) is 1. The molecule has 0 bridgehead atoms. The van der Waals surface area contributed by atoms with Crippen LogP contribution in [0.25, 0.3) is 0 Å². The number of benzene rings is 2. The Bertz CT molecular complexity index is 809. The molecule has 0 unspecified atom stereocenters. The molecule has 0 aliphatic carbocycles. The summed E-state index contributed by atoms with van der Waals surface area (Å²) in [6.07, 6.45) is 0. The van der Waals surface area contributed by atoms with Gasteiger partial charge in [0.05, 0.1) is 13.2 Å². The second-order valence-corrected chi connectivity index (χ2v) is 7.83. The van der Waals surface area contributed by atoms with Gasteiger partial charge in [-0.1, -0.05) is 15.9 Å². The zero-order chi connectivity index (χ0) is 19.0. The van der Waals surface area contributed by atoms with Crippen LogP contribution in [-0.4, -0.2) is 34.8 Å². The van der Waals surface area contributed by atoms with Crippen molar-refractivity contribution in [2.24, 2.45) is 0 Å². The fourth-order valence-electron chi connectivity index (χ4n) is 2.19. The van der Waals surface area contributed by atoms with Gasteiger partial charge in [-0.05, 0) is 56.3 Å². The molecule has 0 amide bonds. The first kappa shape index (κ1) is 20.5. The molecule has 0 fully saturated rings. The highest BCUT2D eigenvalue weighted by Gasteiger charge is 2.19. The van der Waals surface area contributed by atoms with E-state index in [1.165, 1.54) is 6.07 Å². The number of halogens is 1. The lowest BCUT2D eigenvalue weighted by molar-refractivity contribution is 0.318. The number of sulfonamides is 1. The minimum atomic E-state index is -3.71. The van der Waals surface area contributed by atoms with Crippen LogP contribution >= 0.6 is 15.9 Å². The maximum atomic E-state index is 12.5. The average Bonchev–Trinajstić information content (AvgIpc) is 2.62. The molecule has 0 spiro atoms. The highest BCUT2D eigenvalue weighted by molar-refractivity contribution is 9.10. The monoisotopic (exact) mass is 443 g/mol. The van der Waals surface area contributed by atoms with Gasteiger partial charge in [-0.25, -0.2) is 13.1 Å². The van der Waals surface area contributed by atoms with Crippen molar-refractivity contribution in [3.05, 3.63) is 46.9 Å². The highest BCUT2D eigenvalue weighted by atomic mass is 79.9. The molecule has 26 heavy (non-hydrogen) atoms. The first-order valence-electron chi connectivity index (χ1n) is 8.24. The second-order valence-electron chi connectivity index (χ2n) is 5.17. The number of rotatable bonds is 10. The molecular weight excluding hydrogens is 422 g/mol. The average molecular weight is 444 g/mol. The summed E-state index contributed by atoms with van der Waals surface area (Å²) >= 11 is 3.29. The maximum Gasteiger partial charge on any atom is 0.244 e. The van der Waals surface area contributed by atoms with E-state index in [0.717, 1.165) is 5.75 Å². The lowest BCUT2D eigenvalue weighted by Crippen LogP contribution is -2.28. The van der Waals surface area contributed by atoms with Crippen LogP contribution in [-0.2, 0) is 10.0 Å². The first-order chi connectivity index (χ1) is 12.5.